The maximum Gasteiger partial charge on any atom is 0.246 e. The second-order valence-electron chi connectivity index (χ2n) is 7.56. The molecule has 2 heterocycles. The number of para-hydroxylation sites is 1. The third-order valence-electron chi connectivity index (χ3n) is 5.91. The van der Waals surface area contributed by atoms with Gasteiger partial charge < -0.3 is 9.72 Å². The Morgan fingerprint density at radius 3 is 2.46 bits per heavy atom. The molecule has 0 unspecified atom stereocenters. The average Bonchev–Trinajstić information content (AvgIpc) is 3.14. The number of rotatable bonds is 4. The van der Waals surface area contributed by atoms with Gasteiger partial charge in [0.25, 0.3) is 0 Å². The number of ether oxygens (including phenoxy) is 1. The molecule has 0 amide bonds. The van der Waals surface area contributed by atoms with E-state index in [0.717, 1.165) is 29.5 Å². The molecule has 0 spiro atoms. The van der Waals surface area contributed by atoms with Crippen molar-refractivity contribution < 1.29 is 13.2 Å². The van der Waals surface area contributed by atoms with Crippen LogP contribution in [0.15, 0.2) is 47.5 Å². The van der Waals surface area contributed by atoms with Gasteiger partial charge in [0.1, 0.15) is 10.6 Å². The zero-order valence-corrected chi connectivity index (χ0v) is 17.3. The van der Waals surface area contributed by atoms with Crippen molar-refractivity contribution >= 4 is 20.9 Å². The minimum atomic E-state index is -3.58. The van der Waals surface area contributed by atoms with E-state index in [0.29, 0.717) is 24.8 Å². The molecule has 28 heavy (non-hydrogen) atoms. The largest absolute Gasteiger partial charge is 0.495 e. The first kappa shape index (κ1) is 19.0. The summed E-state index contributed by atoms with van der Waals surface area (Å²) in [7, 11) is -2.06. The summed E-state index contributed by atoms with van der Waals surface area (Å²) in [5, 5.41) is 1.24. The first-order valence-electron chi connectivity index (χ1n) is 9.63. The van der Waals surface area contributed by atoms with Gasteiger partial charge in [-0.15, -0.1) is 0 Å². The van der Waals surface area contributed by atoms with Crippen LogP contribution < -0.4 is 4.74 Å². The number of hydrogen-bond donors (Lipinski definition) is 1. The van der Waals surface area contributed by atoms with Crippen LogP contribution in [0.1, 0.15) is 35.4 Å². The fourth-order valence-corrected chi connectivity index (χ4v) is 5.79. The highest BCUT2D eigenvalue weighted by Gasteiger charge is 2.32. The van der Waals surface area contributed by atoms with Crippen molar-refractivity contribution in [3.63, 3.8) is 0 Å². The monoisotopic (exact) mass is 398 g/mol. The molecule has 1 fully saturated rings. The van der Waals surface area contributed by atoms with E-state index in [1.54, 1.807) is 16.4 Å². The van der Waals surface area contributed by atoms with Crippen LogP contribution in [-0.4, -0.2) is 37.9 Å². The molecule has 2 aromatic carbocycles. The summed E-state index contributed by atoms with van der Waals surface area (Å²) >= 11 is 0. The molecule has 1 saturated heterocycles. The van der Waals surface area contributed by atoms with Crippen molar-refractivity contribution in [3.05, 3.63) is 59.3 Å². The van der Waals surface area contributed by atoms with Crippen LogP contribution in [0, 0.1) is 13.8 Å². The topological polar surface area (TPSA) is 62.4 Å². The number of nitrogens with zero attached hydrogens (tertiary/aromatic N) is 1. The van der Waals surface area contributed by atoms with E-state index in [-0.39, 0.29) is 4.90 Å². The van der Waals surface area contributed by atoms with Crippen molar-refractivity contribution in [3.8, 4) is 5.75 Å². The summed E-state index contributed by atoms with van der Waals surface area (Å²) in [5.41, 5.74) is 4.39. The van der Waals surface area contributed by atoms with Crippen LogP contribution in [0.25, 0.3) is 10.9 Å². The molecule has 148 valence electrons. The standard InChI is InChI=1S/C22H26N2O3S/c1-15-12-21(27-3)22(13-16(15)2)28(25,26)24-10-8-17(9-11-24)19-14-23-20-7-5-4-6-18(19)20/h4-7,12-14,17,23H,8-11H2,1-3H3. The maximum atomic E-state index is 13.3. The third-order valence-corrected chi connectivity index (χ3v) is 7.83. The molecule has 0 atom stereocenters. The predicted octanol–water partition coefficient (Wildman–Crippen LogP) is 4.36. The Balaban J connectivity index is 1.57. The van der Waals surface area contributed by atoms with E-state index in [9.17, 15) is 8.42 Å². The number of hydrogen-bond acceptors (Lipinski definition) is 3. The van der Waals surface area contributed by atoms with E-state index in [1.807, 2.05) is 26.0 Å². The summed E-state index contributed by atoms with van der Waals surface area (Å²) in [5.74, 6) is 0.783. The minimum absolute atomic E-state index is 0.267. The summed E-state index contributed by atoms with van der Waals surface area (Å²) in [6.07, 6.45) is 3.70. The van der Waals surface area contributed by atoms with Crippen LogP contribution in [0.5, 0.6) is 5.75 Å². The lowest BCUT2D eigenvalue weighted by Crippen LogP contribution is -2.38. The normalized spacial score (nSPS) is 16.5. The third kappa shape index (κ3) is 3.20. The Labute approximate surface area is 166 Å². The quantitative estimate of drug-likeness (QED) is 0.710. The van der Waals surface area contributed by atoms with Gasteiger partial charge in [0, 0.05) is 30.2 Å². The molecule has 0 bridgehead atoms. The summed E-state index contributed by atoms with van der Waals surface area (Å²) in [6, 6.07) is 11.8. The van der Waals surface area contributed by atoms with Crippen molar-refractivity contribution in [2.45, 2.75) is 37.5 Å². The number of methoxy groups -OCH3 is 1. The maximum absolute atomic E-state index is 13.3. The molecule has 1 N–H and O–H groups in total. The fourth-order valence-electron chi connectivity index (χ4n) is 4.10. The van der Waals surface area contributed by atoms with Crippen LogP contribution in [-0.2, 0) is 10.0 Å². The van der Waals surface area contributed by atoms with Gasteiger partial charge in [0.05, 0.1) is 7.11 Å². The highest BCUT2D eigenvalue weighted by Crippen LogP contribution is 2.36. The van der Waals surface area contributed by atoms with Crippen LogP contribution in [0.3, 0.4) is 0 Å². The fraction of sp³-hybridized carbons (Fsp3) is 0.364. The molecular formula is C22H26N2O3S. The van der Waals surface area contributed by atoms with E-state index in [4.69, 9.17) is 4.74 Å². The Hall–Kier alpha value is -2.31. The molecular weight excluding hydrogens is 372 g/mol. The Kier molecular flexibility index (Phi) is 4.93. The smallest absolute Gasteiger partial charge is 0.246 e. The van der Waals surface area contributed by atoms with Gasteiger partial charge in [-0.05, 0) is 67.5 Å². The van der Waals surface area contributed by atoms with Crippen molar-refractivity contribution in [1.82, 2.24) is 9.29 Å². The lowest BCUT2D eigenvalue weighted by molar-refractivity contribution is 0.318. The summed E-state index contributed by atoms with van der Waals surface area (Å²) in [4.78, 5) is 3.60. The minimum Gasteiger partial charge on any atom is -0.495 e. The zero-order chi connectivity index (χ0) is 19.9. The number of aromatic nitrogens is 1. The number of fused-ring (bicyclic) bond motifs is 1. The molecule has 0 aliphatic carbocycles. The second kappa shape index (κ2) is 7.26. The van der Waals surface area contributed by atoms with Crippen LogP contribution in [0.2, 0.25) is 0 Å². The van der Waals surface area contributed by atoms with Gasteiger partial charge in [-0.25, -0.2) is 8.42 Å². The molecule has 6 heteroatoms. The number of aromatic amines is 1. The van der Waals surface area contributed by atoms with Crippen LogP contribution in [0.4, 0.5) is 0 Å². The number of piperidine rings is 1. The highest BCUT2D eigenvalue weighted by molar-refractivity contribution is 7.89. The molecule has 0 saturated carbocycles. The summed E-state index contributed by atoms with van der Waals surface area (Å²) in [6.45, 7) is 4.92. The lowest BCUT2D eigenvalue weighted by atomic mass is 9.90. The van der Waals surface area contributed by atoms with E-state index >= 15 is 0 Å². The predicted molar refractivity (Wildman–Crippen MR) is 112 cm³/mol. The molecule has 5 nitrogen and oxygen atoms in total. The van der Waals surface area contributed by atoms with E-state index in [1.165, 1.54) is 18.1 Å². The van der Waals surface area contributed by atoms with E-state index < -0.39 is 10.0 Å². The highest BCUT2D eigenvalue weighted by atomic mass is 32.2. The van der Waals surface area contributed by atoms with Gasteiger partial charge in [-0.1, -0.05) is 18.2 Å². The zero-order valence-electron chi connectivity index (χ0n) is 16.5. The van der Waals surface area contributed by atoms with Crippen molar-refractivity contribution in [1.29, 1.82) is 0 Å². The number of benzene rings is 2. The van der Waals surface area contributed by atoms with Crippen LogP contribution >= 0.6 is 0 Å². The molecule has 1 aromatic heterocycles. The summed E-state index contributed by atoms with van der Waals surface area (Å²) < 4.78 is 33.5. The van der Waals surface area contributed by atoms with E-state index in [2.05, 4.69) is 23.3 Å². The number of nitrogens with one attached hydrogen (secondary N) is 1. The Bertz CT molecular complexity index is 1110. The second-order valence-corrected chi connectivity index (χ2v) is 9.46. The number of sulfonamides is 1. The first-order chi connectivity index (χ1) is 13.4. The van der Waals surface area contributed by atoms with Gasteiger partial charge in [-0.3, -0.25) is 0 Å². The van der Waals surface area contributed by atoms with Crippen molar-refractivity contribution in [2.24, 2.45) is 0 Å². The van der Waals surface area contributed by atoms with Gasteiger partial charge >= 0.3 is 0 Å². The first-order valence-corrected chi connectivity index (χ1v) is 11.1. The Morgan fingerprint density at radius 1 is 1.07 bits per heavy atom. The molecule has 0 radical (unpaired) electrons. The van der Waals surface area contributed by atoms with Gasteiger partial charge in [0.2, 0.25) is 10.0 Å². The average molecular weight is 399 g/mol. The van der Waals surface area contributed by atoms with Crippen molar-refractivity contribution in [2.75, 3.05) is 20.2 Å². The SMILES string of the molecule is COc1cc(C)c(C)cc1S(=O)(=O)N1CCC(c2c[nH]c3ccccc23)CC1. The molecule has 1 aliphatic heterocycles. The molecule has 1 aliphatic rings. The number of H-pyrrole nitrogens is 1. The number of aryl methyl sites for hydroxylation is 2. The lowest BCUT2D eigenvalue weighted by Gasteiger charge is -2.31. The van der Waals surface area contributed by atoms with Gasteiger partial charge in [0.15, 0.2) is 0 Å². The molecule has 4 rings (SSSR count). The van der Waals surface area contributed by atoms with Gasteiger partial charge in [-0.2, -0.15) is 4.31 Å². The molecule has 3 aromatic rings. The Morgan fingerprint density at radius 2 is 1.75 bits per heavy atom.